The second-order valence-corrected chi connectivity index (χ2v) is 2.01. The van der Waals surface area contributed by atoms with E-state index in [0.29, 0.717) is 0 Å². The van der Waals surface area contributed by atoms with E-state index >= 15 is 0 Å². The summed E-state index contributed by atoms with van der Waals surface area (Å²) in [5.41, 5.74) is 2.52. The molecule has 0 atom stereocenters. The van der Waals surface area contributed by atoms with Crippen molar-refractivity contribution in [3.63, 3.8) is 0 Å². The third-order valence-corrected chi connectivity index (χ3v) is 1.10. The van der Waals surface area contributed by atoms with Crippen LogP contribution in [-0.2, 0) is 9.57 Å². The summed E-state index contributed by atoms with van der Waals surface area (Å²) in [6.45, 7) is 0.733. The third-order valence-electron chi connectivity index (χ3n) is 1.10. The van der Waals surface area contributed by atoms with Gasteiger partial charge in [-0.15, -0.1) is 0 Å². The lowest BCUT2D eigenvalue weighted by Crippen LogP contribution is -2.01. The summed E-state index contributed by atoms with van der Waals surface area (Å²) in [7, 11) is 0. The molecule has 64 valence electrons. The summed E-state index contributed by atoms with van der Waals surface area (Å²) in [4.78, 5) is 4.55. The number of hydrogen-bond donors (Lipinski definition) is 1. The molecule has 2 rings (SSSR count). The van der Waals surface area contributed by atoms with Crippen LogP contribution in [0.15, 0.2) is 49.1 Å². The number of rotatable bonds is 0. The van der Waals surface area contributed by atoms with Gasteiger partial charge in [0.1, 0.15) is 12.9 Å². The van der Waals surface area contributed by atoms with Gasteiger partial charge in [0.2, 0.25) is 0 Å². The summed E-state index contributed by atoms with van der Waals surface area (Å²) in [5, 5.41) is 0. The first-order valence-electron chi connectivity index (χ1n) is 3.66. The van der Waals surface area contributed by atoms with Crippen molar-refractivity contribution in [1.82, 2.24) is 5.48 Å². The van der Waals surface area contributed by atoms with Gasteiger partial charge in [0.25, 0.3) is 0 Å². The molecule has 0 saturated heterocycles. The second-order valence-electron chi connectivity index (χ2n) is 2.01. The first kappa shape index (κ1) is 8.46. The van der Waals surface area contributed by atoms with E-state index in [0.717, 1.165) is 6.61 Å². The van der Waals surface area contributed by atoms with Gasteiger partial charge in [-0.3, -0.25) is 0 Å². The lowest BCUT2D eigenvalue weighted by molar-refractivity contribution is 0.172. The molecule has 0 saturated carbocycles. The van der Waals surface area contributed by atoms with Gasteiger partial charge in [-0.1, -0.05) is 6.08 Å². The normalized spacial score (nSPS) is 16.7. The van der Waals surface area contributed by atoms with Crippen LogP contribution in [0.4, 0.5) is 0 Å². The van der Waals surface area contributed by atoms with Crippen LogP contribution in [0.25, 0.3) is 0 Å². The minimum absolute atomic E-state index is 0.733. The third kappa shape index (κ3) is 4.22. The molecule has 0 unspecified atom stereocenters. The molecule has 3 heteroatoms. The Balaban J connectivity index is 0.000000120. The highest BCUT2D eigenvalue weighted by Crippen LogP contribution is 1.87. The van der Waals surface area contributed by atoms with Crippen molar-refractivity contribution in [1.29, 1.82) is 0 Å². The Morgan fingerprint density at radius 2 is 1.92 bits per heavy atom. The standard InChI is InChI=1S/C5H6O.C4H5NO/c2*1-2-4-6-5-3-1/h1-4H,5H2;1-5H. The van der Waals surface area contributed by atoms with Crippen molar-refractivity contribution >= 4 is 0 Å². The van der Waals surface area contributed by atoms with Gasteiger partial charge in [0.05, 0.1) is 6.26 Å². The smallest absolute Gasteiger partial charge is 0.119 e. The fraction of sp³-hybridized carbons (Fsp3) is 0.111. The van der Waals surface area contributed by atoms with E-state index in [1.807, 2.05) is 24.3 Å². The van der Waals surface area contributed by atoms with Crippen molar-refractivity contribution < 1.29 is 9.57 Å². The fourth-order valence-electron chi connectivity index (χ4n) is 0.604. The van der Waals surface area contributed by atoms with Crippen molar-refractivity contribution in [2.45, 2.75) is 0 Å². The van der Waals surface area contributed by atoms with Gasteiger partial charge in [-0.05, 0) is 24.3 Å². The zero-order valence-corrected chi connectivity index (χ0v) is 6.64. The Morgan fingerprint density at radius 3 is 2.08 bits per heavy atom. The molecule has 0 aromatic carbocycles. The minimum Gasteiger partial charge on any atom is -0.497 e. The molecule has 0 aromatic rings. The maximum atomic E-state index is 4.80. The summed E-state index contributed by atoms with van der Waals surface area (Å²) >= 11 is 0. The number of nitrogens with one attached hydrogen (secondary N) is 1. The highest BCUT2D eigenvalue weighted by atomic mass is 16.6. The Kier molecular flexibility index (Phi) is 4.30. The maximum Gasteiger partial charge on any atom is 0.119 e. The first-order valence-corrected chi connectivity index (χ1v) is 3.66. The van der Waals surface area contributed by atoms with Gasteiger partial charge in [0.15, 0.2) is 0 Å². The van der Waals surface area contributed by atoms with Crippen molar-refractivity contribution in [3.8, 4) is 0 Å². The van der Waals surface area contributed by atoms with E-state index < -0.39 is 0 Å². The predicted molar refractivity (Wildman–Crippen MR) is 46.7 cm³/mol. The van der Waals surface area contributed by atoms with Crippen LogP contribution in [0, 0.1) is 0 Å². The molecule has 0 amide bonds. The Morgan fingerprint density at radius 1 is 1.00 bits per heavy atom. The fourth-order valence-corrected chi connectivity index (χ4v) is 0.604. The molecule has 3 nitrogen and oxygen atoms in total. The van der Waals surface area contributed by atoms with Crippen LogP contribution in [0.3, 0.4) is 0 Å². The van der Waals surface area contributed by atoms with E-state index in [1.54, 1.807) is 24.8 Å². The largest absolute Gasteiger partial charge is 0.497 e. The van der Waals surface area contributed by atoms with Gasteiger partial charge in [-0.2, -0.15) is 0 Å². The van der Waals surface area contributed by atoms with Crippen LogP contribution in [0.5, 0.6) is 0 Å². The lowest BCUT2D eigenvalue weighted by Gasteiger charge is -1.97. The quantitative estimate of drug-likeness (QED) is 0.591. The van der Waals surface area contributed by atoms with E-state index in [2.05, 4.69) is 10.3 Å². The second kappa shape index (κ2) is 6.09. The number of hydrogen-bond acceptors (Lipinski definition) is 3. The molecule has 0 bridgehead atoms. The summed E-state index contributed by atoms with van der Waals surface area (Å²) in [6, 6.07) is 0. The summed E-state index contributed by atoms with van der Waals surface area (Å²) < 4.78 is 4.80. The highest BCUT2D eigenvalue weighted by molar-refractivity contribution is 5.03. The zero-order chi connectivity index (χ0) is 8.49. The molecule has 1 N–H and O–H groups in total. The Bertz CT molecular complexity index is 169. The average Bonchev–Trinajstić information content (AvgIpc) is 2.24. The SMILES string of the molecule is C1=CCOC=C1.C1=CNOC=C1. The topological polar surface area (TPSA) is 30.5 Å². The van der Waals surface area contributed by atoms with Gasteiger partial charge >= 0.3 is 0 Å². The number of ether oxygens (including phenoxy) is 1. The van der Waals surface area contributed by atoms with Crippen LogP contribution in [0.2, 0.25) is 0 Å². The van der Waals surface area contributed by atoms with Gasteiger partial charge in [-0.25, -0.2) is 5.48 Å². The Labute approximate surface area is 71.6 Å². The summed E-state index contributed by atoms with van der Waals surface area (Å²) in [6.07, 6.45) is 14.4. The molecule has 0 aliphatic carbocycles. The first-order chi connectivity index (χ1) is 6.00. The molecule has 0 spiro atoms. The van der Waals surface area contributed by atoms with Crippen LogP contribution >= 0.6 is 0 Å². The number of hydroxylamine groups is 1. The molecule has 0 aromatic heterocycles. The van der Waals surface area contributed by atoms with Crippen molar-refractivity contribution in [3.05, 3.63) is 49.1 Å². The molecule has 0 radical (unpaired) electrons. The van der Waals surface area contributed by atoms with E-state index in [-0.39, 0.29) is 0 Å². The highest BCUT2D eigenvalue weighted by Gasteiger charge is 1.75. The molecule has 12 heavy (non-hydrogen) atoms. The monoisotopic (exact) mass is 165 g/mol. The Hall–Kier alpha value is -1.64. The van der Waals surface area contributed by atoms with Crippen molar-refractivity contribution in [2.24, 2.45) is 0 Å². The summed E-state index contributed by atoms with van der Waals surface area (Å²) in [5.74, 6) is 0. The van der Waals surface area contributed by atoms with Crippen LogP contribution in [-0.4, -0.2) is 6.61 Å². The molecular formula is C9H11NO2. The van der Waals surface area contributed by atoms with E-state index in [4.69, 9.17) is 4.74 Å². The molecule has 2 heterocycles. The molecule has 0 fully saturated rings. The zero-order valence-electron chi connectivity index (χ0n) is 6.64. The molecule has 2 aliphatic heterocycles. The van der Waals surface area contributed by atoms with Crippen LogP contribution < -0.4 is 5.48 Å². The predicted octanol–water partition coefficient (Wildman–Crippen LogP) is 1.64. The molecule has 2 aliphatic rings. The van der Waals surface area contributed by atoms with Crippen LogP contribution in [0.1, 0.15) is 0 Å². The average molecular weight is 165 g/mol. The van der Waals surface area contributed by atoms with Crippen molar-refractivity contribution in [2.75, 3.05) is 6.61 Å². The molecular weight excluding hydrogens is 154 g/mol. The van der Waals surface area contributed by atoms with Gasteiger partial charge < -0.3 is 9.57 Å². The van der Waals surface area contributed by atoms with E-state index in [1.165, 1.54) is 0 Å². The minimum atomic E-state index is 0.733. The van der Waals surface area contributed by atoms with Gasteiger partial charge in [0, 0.05) is 6.20 Å². The number of allylic oxidation sites excluding steroid dienone is 4. The lowest BCUT2D eigenvalue weighted by atomic mass is 10.5. The maximum absolute atomic E-state index is 4.80. The van der Waals surface area contributed by atoms with E-state index in [9.17, 15) is 0 Å².